The molecule has 0 aliphatic carbocycles. The molecule has 0 saturated carbocycles. The van der Waals surface area contributed by atoms with E-state index in [2.05, 4.69) is 41.8 Å². The quantitative estimate of drug-likeness (QED) is 0.741. The molecule has 1 aliphatic rings. The lowest BCUT2D eigenvalue weighted by Crippen LogP contribution is -2.37. The molecule has 0 saturated heterocycles. The van der Waals surface area contributed by atoms with Gasteiger partial charge in [-0.1, -0.05) is 37.6 Å². The zero-order chi connectivity index (χ0) is 11.2. The number of hydrogen-bond acceptors (Lipinski definition) is 2. The van der Waals surface area contributed by atoms with E-state index in [9.17, 15) is 0 Å². The van der Waals surface area contributed by atoms with Crippen molar-refractivity contribution in [3.8, 4) is 0 Å². The second kappa shape index (κ2) is 6.02. The molecule has 0 aromatic heterocycles. The van der Waals surface area contributed by atoms with E-state index in [1.807, 2.05) is 0 Å². The van der Waals surface area contributed by atoms with Crippen LogP contribution in [-0.4, -0.2) is 19.6 Å². The van der Waals surface area contributed by atoms with Crippen molar-refractivity contribution in [1.29, 1.82) is 0 Å². The zero-order valence-corrected chi connectivity index (χ0v) is 10.1. The summed E-state index contributed by atoms with van der Waals surface area (Å²) in [7, 11) is 0. The Bertz CT molecular complexity index is 322. The largest absolute Gasteiger partial charge is 0.315 e. The molecule has 0 spiro atoms. The summed E-state index contributed by atoms with van der Waals surface area (Å²) in [5.41, 5.74) is 3.00. The van der Waals surface area contributed by atoms with Crippen molar-refractivity contribution in [1.82, 2.24) is 10.6 Å². The van der Waals surface area contributed by atoms with Crippen LogP contribution in [-0.2, 0) is 6.42 Å². The van der Waals surface area contributed by atoms with Gasteiger partial charge in [0.05, 0.1) is 0 Å². The molecule has 1 heterocycles. The molecule has 0 fully saturated rings. The molecule has 1 aromatic rings. The molecule has 0 bridgehead atoms. The average Bonchev–Trinajstić information content (AvgIpc) is 2.35. The van der Waals surface area contributed by atoms with Gasteiger partial charge in [0.25, 0.3) is 0 Å². The minimum absolute atomic E-state index is 0.502. The van der Waals surface area contributed by atoms with E-state index >= 15 is 0 Å². The third kappa shape index (κ3) is 2.83. The number of benzene rings is 1. The van der Waals surface area contributed by atoms with Crippen LogP contribution in [0.1, 0.15) is 36.9 Å². The van der Waals surface area contributed by atoms with E-state index in [1.165, 1.54) is 30.4 Å². The highest BCUT2D eigenvalue weighted by atomic mass is 15.0. The van der Waals surface area contributed by atoms with Gasteiger partial charge < -0.3 is 10.6 Å². The number of unbranched alkanes of at least 4 members (excludes halogenated alkanes) is 1. The Labute approximate surface area is 98.4 Å². The number of nitrogens with one attached hydrogen (secondary N) is 2. The molecule has 0 radical (unpaired) electrons. The van der Waals surface area contributed by atoms with Crippen molar-refractivity contribution >= 4 is 0 Å². The predicted molar refractivity (Wildman–Crippen MR) is 68.7 cm³/mol. The molecule has 2 nitrogen and oxygen atoms in total. The Morgan fingerprint density at radius 2 is 2.25 bits per heavy atom. The van der Waals surface area contributed by atoms with Crippen LogP contribution in [0.4, 0.5) is 0 Å². The summed E-state index contributed by atoms with van der Waals surface area (Å²) >= 11 is 0. The maximum Gasteiger partial charge on any atom is 0.0449 e. The minimum Gasteiger partial charge on any atom is -0.315 e. The van der Waals surface area contributed by atoms with Gasteiger partial charge in [0, 0.05) is 12.6 Å². The molecule has 1 unspecified atom stereocenters. The van der Waals surface area contributed by atoms with E-state index in [0.29, 0.717) is 6.04 Å². The van der Waals surface area contributed by atoms with Gasteiger partial charge in [-0.3, -0.25) is 0 Å². The maximum absolute atomic E-state index is 3.59. The lowest BCUT2D eigenvalue weighted by molar-refractivity contribution is 0.465. The molecule has 2 N–H and O–H groups in total. The van der Waals surface area contributed by atoms with E-state index in [-0.39, 0.29) is 0 Å². The summed E-state index contributed by atoms with van der Waals surface area (Å²) in [6.07, 6.45) is 3.71. The Morgan fingerprint density at radius 3 is 3.12 bits per heavy atom. The molecule has 0 amide bonds. The predicted octanol–water partition coefficient (Wildman–Crippen LogP) is 2.26. The average molecular weight is 218 g/mol. The molecule has 16 heavy (non-hydrogen) atoms. The van der Waals surface area contributed by atoms with Crippen LogP contribution in [0.2, 0.25) is 0 Å². The topological polar surface area (TPSA) is 24.1 Å². The molecule has 2 rings (SSSR count). The van der Waals surface area contributed by atoms with Gasteiger partial charge in [0.1, 0.15) is 0 Å². The van der Waals surface area contributed by atoms with Crippen LogP contribution in [0.25, 0.3) is 0 Å². The lowest BCUT2D eigenvalue weighted by Gasteiger charge is -2.27. The maximum atomic E-state index is 3.59. The van der Waals surface area contributed by atoms with Gasteiger partial charge in [0.15, 0.2) is 0 Å². The smallest absolute Gasteiger partial charge is 0.0449 e. The Hall–Kier alpha value is -0.860. The van der Waals surface area contributed by atoms with Crippen molar-refractivity contribution in [2.75, 3.05) is 19.6 Å². The summed E-state index contributed by atoms with van der Waals surface area (Å²) in [5.74, 6) is 0. The van der Waals surface area contributed by atoms with Crippen molar-refractivity contribution in [2.24, 2.45) is 0 Å². The van der Waals surface area contributed by atoms with E-state index < -0.39 is 0 Å². The summed E-state index contributed by atoms with van der Waals surface area (Å²) < 4.78 is 0. The lowest BCUT2D eigenvalue weighted by atomic mass is 9.94. The fourth-order valence-corrected chi connectivity index (χ4v) is 2.32. The summed E-state index contributed by atoms with van der Waals surface area (Å²) in [6, 6.07) is 9.31. The fourth-order valence-electron chi connectivity index (χ4n) is 2.32. The third-order valence-corrected chi connectivity index (χ3v) is 3.27. The second-order valence-corrected chi connectivity index (χ2v) is 4.51. The van der Waals surface area contributed by atoms with Gasteiger partial charge in [-0.15, -0.1) is 0 Å². The first kappa shape index (κ1) is 11.6. The second-order valence-electron chi connectivity index (χ2n) is 4.51. The summed E-state index contributed by atoms with van der Waals surface area (Å²) in [6.45, 7) is 5.53. The van der Waals surface area contributed by atoms with Crippen molar-refractivity contribution < 1.29 is 0 Å². The highest BCUT2D eigenvalue weighted by molar-refractivity contribution is 5.32. The first-order valence-electron chi connectivity index (χ1n) is 6.43. The zero-order valence-electron chi connectivity index (χ0n) is 10.1. The summed E-state index contributed by atoms with van der Waals surface area (Å²) in [5, 5.41) is 7.12. The monoisotopic (exact) mass is 218 g/mol. The number of rotatable bonds is 5. The van der Waals surface area contributed by atoms with E-state index in [0.717, 1.165) is 19.6 Å². The first-order chi connectivity index (χ1) is 7.92. The normalized spacial score (nSPS) is 19.4. The highest BCUT2D eigenvalue weighted by Gasteiger charge is 2.17. The summed E-state index contributed by atoms with van der Waals surface area (Å²) in [4.78, 5) is 0. The van der Waals surface area contributed by atoms with Crippen molar-refractivity contribution in [3.63, 3.8) is 0 Å². The first-order valence-corrected chi connectivity index (χ1v) is 6.43. The van der Waals surface area contributed by atoms with Crippen LogP contribution >= 0.6 is 0 Å². The van der Waals surface area contributed by atoms with Crippen molar-refractivity contribution in [2.45, 2.75) is 32.2 Å². The van der Waals surface area contributed by atoms with Gasteiger partial charge in [-0.2, -0.15) is 0 Å². The van der Waals surface area contributed by atoms with Crippen LogP contribution in [0, 0.1) is 0 Å². The Morgan fingerprint density at radius 1 is 1.38 bits per heavy atom. The van der Waals surface area contributed by atoms with E-state index in [4.69, 9.17) is 0 Å². The number of fused-ring (bicyclic) bond motifs is 1. The van der Waals surface area contributed by atoms with Crippen molar-refractivity contribution in [3.05, 3.63) is 35.4 Å². The number of hydrogen-bond donors (Lipinski definition) is 2. The molecular formula is C14H22N2. The standard InChI is InChI=1S/C14H22N2/c1-2-3-9-15-11-14-13-7-5-4-6-12(13)8-10-16-14/h4-7,14-16H,2-3,8-11H2,1H3. The van der Waals surface area contributed by atoms with Gasteiger partial charge >= 0.3 is 0 Å². The van der Waals surface area contributed by atoms with E-state index in [1.54, 1.807) is 0 Å². The molecule has 1 atom stereocenters. The van der Waals surface area contributed by atoms with Gasteiger partial charge in [0.2, 0.25) is 0 Å². The van der Waals surface area contributed by atoms with Crippen LogP contribution < -0.4 is 10.6 Å². The minimum atomic E-state index is 0.502. The molecular weight excluding hydrogens is 196 g/mol. The van der Waals surface area contributed by atoms with Crippen LogP contribution in [0.5, 0.6) is 0 Å². The molecule has 1 aliphatic heterocycles. The molecule has 2 heteroatoms. The Balaban J connectivity index is 1.91. The third-order valence-electron chi connectivity index (χ3n) is 3.27. The fraction of sp³-hybridized carbons (Fsp3) is 0.571. The van der Waals surface area contributed by atoms with Gasteiger partial charge in [-0.05, 0) is 37.1 Å². The highest BCUT2D eigenvalue weighted by Crippen LogP contribution is 2.21. The van der Waals surface area contributed by atoms with Crippen LogP contribution in [0.3, 0.4) is 0 Å². The van der Waals surface area contributed by atoms with Crippen LogP contribution in [0.15, 0.2) is 24.3 Å². The molecule has 88 valence electrons. The Kier molecular flexibility index (Phi) is 4.37. The SMILES string of the molecule is CCCCNCC1NCCc2ccccc21. The molecule has 1 aromatic carbocycles. The van der Waals surface area contributed by atoms with Gasteiger partial charge in [-0.25, -0.2) is 0 Å².